The molecule has 1 fully saturated rings. The monoisotopic (exact) mass is 515 g/mol. The molecule has 0 amide bonds. The van der Waals surface area contributed by atoms with E-state index >= 15 is 0 Å². The molecule has 1 aliphatic heterocycles. The molecule has 2 aromatic heterocycles. The molecule has 0 aliphatic carbocycles. The number of pyridine rings is 1. The summed E-state index contributed by atoms with van der Waals surface area (Å²) >= 11 is 12.3. The summed E-state index contributed by atoms with van der Waals surface area (Å²) in [4.78, 5) is 9.05. The Morgan fingerprint density at radius 2 is 1.67 bits per heavy atom. The van der Waals surface area contributed by atoms with Gasteiger partial charge in [-0.3, -0.25) is 4.98 Å². The lowest BCUT2D eigenvalue weighted by Crippen LogP contribution is -2.29. The van der Waals surface area contributed by atoms with Crippen molar-refractivity contribution < 1.29 is 0 Å². The van der Waals surface area contributed by atoms with E-state index in [1.165, 1.54) is 22.5 Å². The van der Waals surface area contributed by atoms with Gasteiger partial charge in [-0.15, -0.1) is 0 Å². The first-order valence-corrected chi connectivity index (χ1v) is 12.8. The molecule has 1 aliphatic rings. The molecule has 4 aromatic rings. The van der Waals surface area contributed by atoms with Gasteiger partial charge in [0.1, 0.15) is 0 Å². The van der Waals surface area contributed by atoms with E-state index in [-0.39, 0.29) is 12.1 Å². The van der Waals surface area contributed by atoms with Crippen LogP contribution in [0.3, 0.4) is 0 Å². The van der Waals surface area contributed by atoms with Gasteiger partial charge in [0.2, 0.25) is 0 Å². The lowest BCUT2D eigenvalue weighted by atomic mass is 9.93. The highest BCUT2D eigenvalue weighted by molar-refractivity contribution is 7.80. The molecule has 36 heavy (non-hydrogen) atoms. The molecule has 2 aromatic carbocycles. The van der Waals surface area contributed by atoms with Crippen LogP contribution in [0.1, 0.15) is 40.3 Å². The van der Waals surface area contributed by atoms with E-state index in [9.17, 15) is 0 Å². The molecule has 184 valence electrons. The zero-order valence-corrected chi connectivity index (χ0v) is 22.7. The highest BCUT2D eigenvalue weighted by Gasteiger charge is 2.43. The van der Waals surface area contributed by atoms with Gasteiger partial charge in [-0.1, -0.05) is 23.7 Å². The van der Waals surface area contributed by atoms with Crippen LogP contribution in [0.5, 0.6) is 0 Å². The summed E-state index contributed by atoms with van der Waals surface area (Å²) < 4.78 is 2.29. The highest BCUT2D eigenvalue weighted by Crippen LogP contribution is 2.45. The molecular formula is C29H30ClN5S. The Morgan fingerprint density at radius 1 is 0.917 bits per heavy atom. The van der Waals surface area contributed by atoms with Gasteiger partial charge in [0.25, 0.3) is 0 Å². The number of hydrogen-bond acceptors (Lipinski definition) is 3. The number of nitrogens with one attached hydrogen (secondary N) is 1. The molecule has 7 heteroatoms. The van der Waals surface area contributed by atoms with Crippen LogP contribution in [0.4, 0.5) is 11.4 Å². The first-order valence-electron chi connectivity index (χ1n) is 12.0. The average molecular weight is 516 g/mol. The number of nitrogens with zero attached hydrogens (tertiary/aromatic N) is 4. The number of rotatable bonds is 5. The zero-order valence-electron chi connectivity index (χ0n) is 21.2. The summed E-state index contributed by atoms with van der Waals surface area (Å²) in [5.74, 6) is 0. The Bertz CT molecular complexity index is 1410. The van der Waals surface area contributed by atoms with Crippen molar-refractivity contribution in [3.05, 3.63) is 106 Å². The van der Waals surface area contributed by atoms with Gasteiger partial charge < -0.3 is 19.7 Å². The number of halogens is 1. The SMILES string of the molecule is Cc1c([C@@H]2[C@@H](c3ccccn3)NC(=S)N2c2ccc(N(C)C)cc2)c(C)n(-c2cccc(Cl)c2)c1C. The smallest absolute Gasteiger partial charge is 0.174 e. The van der Waals surface area contributed by atoms with E-state index in [4.69, 9.17) is 28.8 Å². The third-order valence-corrected chi connectivity index (χ3v) is 7.66. The quantitative estimate of drug-likeness (QED) is 0.299. The predicted molar refractivity (Wildman–Crippen MR) is 154 cm³/mol. The fraction of sp³-hybridized carbons (Fsp3) is 0.241. The van der Waals surface area contributed by atoms with E-state index in [0.29, 0.717) is 5.11 Å². The normalized spacial score (nSPS) is 17.4. The molecule has 0 radical (unpaired) electrons. The van der Waals surface area contributed by atoms with Crippen molar-refractivity contribution in [3.8, 4) is 5.69 Å². The van der Waals surface area contributed by atoms with Crippen molar-refractivity contribution in [1.82, 2.24) is 14.9 Å². The van der Waals surface area contributed by atoms with Crippen LogP contribution in [0.15, 0.2) is 72.9 Å². The summed E-state index contributed by atoms with van der Waals surface area (Å²) in [6.45, 7) is 6.54. The van der Waals surface area contributed by atoms with Crippen LogP contribution in [0, 0.1) is 20.8 Å². The van der Waals surface area contributed by atoms with Crippen LogP contribution in [0.25, 0.3) is 5.69 Å². The Labute approximate surface area is 223 Å². The van der Waals surface area contributed by atoms with E-state index in [2.05, 4.69) is 76.9 Å². The minimum absolute atomic E-state index is 0.0725. The van der Waals surface area contributed by atoms with E-state index in [0.717, 1.165) is 27.8 Å². The van der Waals surface area contributed by atoms with E-state index < -0.39 is 0 Å². The first-order chi connectivity index (χ1) is 17.3. The van der Waals surface area contributed by atoms with E-state index in [1.54, 1.807) is 0 Å². The Morgan fingerprint density at radius 3 is 2.31 bits per heavy atom. The Kier molecular flexibility index (Phi) is 6.49. The number of anilines is 2. The largest absolute Gasteiger partial charge is 0.378 e. The lowest BCUT2D eigenvalue weighted by molar-refractivity contribution is 0.563. The fourth-order valence-corrected chi connectivity index (χ4v) is 5.81. The molecule has 1 N–H and O–H groups in total. The molecule has 0 saturated carbocycles. The van der Waals surface area contributed by atoms with Gasteiger partial charge in [-0.2, -0.15) is 0 Å². The highest BCUT2D eigenvalue weighted by atomic mass is 35.5. The molecule has 2 atom stereocenters. The van der Waals surface area contributed by atoms with Crippen molar-refractivity contribution in [2.45, 2.75) is 32.9 Å². The topological polar surface area (TPSA) is 36.3 Å². The van der Waals surface area contributed by atoms with Crippen molar-refractivity contribution in [1.29, 1.82) is 0 Å². The van der Waals surface area contributed by atoms with Crippen molar-refractivity contribution in [2.24, 2.45) is 0 Å². The summed E-state index contributed by atoms with van der Waals surface area (Å²) in [5.41, 5.74) is 9.04. The second-order valence-corrected chi connectivity index (χ2v) is 10.3. The Balaban J connectivity index is 1.70. The van der Waals surface area contributed by atoms with Gasteiger partial charge in [0.15, 0.2) is 5.11 Å². The molecule has 5 nitrogen and oxygen atoms in total. The van der Waals surface area contributed by atoms with Crippen LogP contribution >= 0.6 is 23.8 Å². The van der Waals surface area contributed by atoms with Gasteiger partial charge >= 0.3 is 0 Å². The van der Waals surface area contributed by atoms with Crippen molar-refractivity contribution >= 4 is 40.3 Å². The fourth-order valence-electron chi connectivity index (χ4n) is 5.28. The summed E-state index contributed by atoms with van der Waals surface area (Å²) in [6.07, 6.45) is 1.84. The minimum Gasteiger partial charge on any atom is -0.378 e. The number of thiocarbonyl (C=S) groups is 1. The van der Waals surface area contributed by atoms with Crippen molar-refractivity contribution in [3.63, 3.8) is 0 Å². The van der Waals surface area contributed by atoms with Crippen LogP contribution in [-0.2, 0) is 0 Å². The predicted octanol–water partition coefficient (Wildman–Crippen LogP) is 6.69. The Hall–Kier alpha value is -3.35. The molecule has 0 spiro atoms. The second-order valence-electron chi connectivity index (χ2n) is 9.43. The number of benzene rings is 2. The molecule has 0 bridgehead atoms. The number of aromatic nitrogens is 2. The standard InChI is InChI=1S/C29H30ClN5S/c1-18-19(2)34(24-10-8-9-21(30)17-24)20(3)26(18)28-27(25-11-6-7-16-31-25)32-29(36)35(28)23-14-12-22(13-15-23)33(4)5/h6-17,27-28H,1-5H3,(H,32,36)/t27-,28-/m1/s1. The van der Waals surface area contributed by atoms with Gasteiger partial charge in [-0.25, -0.2) is 0 Å². The molecule has 1 saturated heterocycles. The van der Waals surface area contributed by atoms with Gasteiger partial charge in [0, 0.05) is 59.3 Å². The average Bonchev–Trinajstić information content (AvgIpc) is 3.31. The minimum atomic E-state index is -0.0979. The third kappa shape index (κ3) is 4.14. The maximum Gasteiger partial charge on any atom is 0.174 e. The van der Waals surface area contributed by atoms with Crippen LogP contribution in [-0.4, -0.2) is 28.8 Å². The maximum atomic E-state index is 6.37. The lowest BCUT2D eigenvalue weighted by Gasteiger charge is -2.29. The van der Waals surface area contributed by atoms with Gasteiger partial charge in [0.05, 0.1) is 17.8 Å². The first kappa shape index (κ1) is 24.3. The van der Waals surface area contributed by atoms with Crippen LogP contribution < -0.4 is 15.1 Å². The summed E-state index contributed by atoms with van der Waals surface area (Å²) in [7, 11) is 4.09. The summed E-state index contributed by atoms with van der Waals surface area (Å²) in [5, 5.41) is 5.00. The van der Waals surface area contributed by atoms with Crippen LogP contribution in [0.2, 0.25) is 5.02 Å². The molecular weight excluding hydrogens is 486 g/mol. The van der Waals surface area contributed by atoms with Gasteiger partial charge in [-0.05, 0) is 93.1 Å². The van der Waals surface area contributed by atoms with E-state index in [1.807, 2.05) is 50.6 Å². The molecule has 3 heterocycles. The molecule has 5 rings (SSSR count). The molecule has 0 unspecified atom stereocenters. The second kappa shape index (κ2) is 9.60. The summed E-state index contributed by atoms with van der Waals surface area (Å²) in [6, 6.07) is 22.4. The zero-order chi connectivity index (χ0) is 25.6. The van der Waals surface area contributed by atoms with Crippen molar-refractivity contribution in [2.75, 3.05) is 23.9 Å². The number of hydrogen-bond donors (Lipinski definition) is 1. The maximum absolute atomic E-state index is 6.37. The third-order valence-electron chi connectivity index (χ3n) is 7.11.